The van der Waals surface area contributed by atoms with Crippen molar-refractivity contribution in [2.75, 3.05) is 45.3 Å². The molecule has 0 aliphatic carbocycles. The number of carbonyl (C=O) groups is 2. The molecular weight excluding hydrogens is 406 g/mol. The zero-order valence-electron chi connectivity index (χ0n) is 19.0. The van der Waals surface area contributed by atoms with Gasteiger partial charge in [-0.2, -0.15) is 0 Å². The molecule has 7 nitrogen and oxygen atoms in total. The number of ether oxygens (including phenoxy) is 2. The lowest BCUT2D eigenvalue weighted by Gasteiger charge is -2.38. The number of para-hydroxylation sites is 2. The number of anilines is 1. The van der Waals surface area contributed by atoms with E-state index in [2.05, 4.69) is 4.90 Å². The molecule has 32 heavy (non-hydrogen) atoms. The van der Waals surface area contributed by atoms with Crippen LogP contribution in [0, 0.1) is 0 Å². The van der Waals surface area contributed by atoms with Gasteiger partial charge >= 0.3 is 0 Å². The summed E-state index contributed by atoms with van der Waals surface area (Å²) < 4.78 is 10.8. The molecule has 0 bridgehead atoms. The van der Waals surface area contributed by atoms with Crippen molar-refractivity contribution < 1.29 is 19.1 Å². The summed E-state index contributed by atoms with van der Waals surface area (Å²) in [6.07, 6.45) is 0. The molecule has 2 aliphatic rings. The zero-order chi connectivity index (χ0) is 22.8. The molecule has 2 heterocycles. The van der Waals surface area contributed by atoms with Gasteiger partial charge in [-0.05, 0) is 43.7 Å². The Kier molecular flexibility index (Phi) is 6.08. The maximum Gasteiger partial charge on any atom is 0.278 e. The largest absolute Gasteiger partial charge is 0.497 e. The highest BCUT2D eigenvalue weighted by Gasteiger charge is 2.43. The Bertz CT molecular complexity index is 1040. The van der Waals surface area contributed by atoms with E-state index in [1.165, 1.54) is 4.90 Å². The lowest BCUT2D eigenvalue weighted by molar-refractivity contribution is -0.139. The van der Waals surface area contributed by atoms with E-state index in [1.807, 2.05) is 67.3 Å². The Morgan fingerprint density at radius 2 is 1.41 bits per heavy atom. The molecule has 1 fully saturated rings. The fraction of sp³-hybridized carbons (Fsp3) is 0.360. The molecule has 2 aromatic rings. The monoisotopic (exact) mass is 435 g/mol. The van der Waals surface area contributed by atoms with Gasteiger partial charge < -0.3 is 19.3 Å². The summed E-state index contributed by atoms with van der Waals surface area (Å²) in [6.45, 7) is 6.45. The van der Waals surface area contributed by atoms with Gasteiger partial charge in [0.05, 0.1) is 25.5 Å². The van der Waals surface area contributed by atoms with Crippen molar-refractivity contribution in [3.63, 3.8) is 0 Å². The van der Waals surface area contributed by atoms with Gasteiger partial charge in [-0.1, -0.05) is 24.3 Å². The molecule has 0 saturated carbocycles. The fourth-order valence-electron chi connectivity index (χ4n) is 4.38. The number of amides is 2. The van der Waals surface area contributed by atoms with Crippen molar-refractivity contribution in [2.24, 2.45) is 0 Å². The Morgan fingerprint density at radius 1 is 0.781 bits per heavy atom. The normalized spacial score (nSPS) is 17.0. The first-order valence-corrected chi connectivity index (χ1v) is 10.9. The number of nitrogens with zero attached hydrogens (tertiary/aromatic N) is 3. The summed E-state index contributed by atoms with van der Waals surface area (Å²) >= 11 is 0. The summed E-state index contributed by atoms with van der Waals surface area (Å²) in [6, 6.07) is 15.0. The number of hydrogen-bond donors (Lipinski definition) is 0. The van der Waals surface area contributed by atoms with Crippen LogP contribution in [0.25, 0.3) is 5.57 Å². The van der Waals surface area contributed by atoms with Gasteiger partial charge in [0.1, 0.15) is 17.2 Å². The maximum absolute atomic E-state index is 13.4. The third-order valence-electron chi connectivity index (χ3n) is 6.01. The predicted molar refractivity (Wildman–Crippen MR) is 124 cm³/mol. The topological polar surface area (TPSA) is 62.3 Å². The van der Waals surface area contributed by atoms with Crippen LogP contribution in [0.5, 0.6) is 11.5 Å². The van der Waals surface area contributed by atoms with Crippen molar-refractivity contribution >= 4 is 23.1 Å². The third kappa shape index (κ3) is 3.79. The van der Waals surface area contributed by atoms with Crippen LogP contribution in [-0.4, -0.2) is 68.1 Å². The second-order valence-corrected chi connectivity index (χ2v) is 8.17. The Labute approximate surface area is 188 Å². The van der Waals surface area contributed by atoms with Crippen LogP contribution in [-0.2, 0) is 9.59 Å². The first kappa shape index (κ1) is 21.7. The van der Waals surface area contributed by atoms with Crippen molar-refractivity contribution in [3.8, 4) is 11.5 Å². The van der Waals surface area contributed by atoms with Gasteiger partial charge in [0.2, 0.25) is 0 Å². The zero-order valence-corrected chi connectivity index (χ0v) is 19.0. The minimum absolute atomic E-state index is 0.212. The van der Waals surface area contributed by atoms with E-state index in [-0.39, 0.29) is 17.9 Å². The summed E-state index contributed by atoms with van der Waals surface area (Å²) in [5, 5.41) is 0. The first-order chi connectivity index (χ1) is 15.5. The highest BCUT2D eigenvalue weighted by Crippen LogP contribution is 2.35. The molecule has 0 radical (unpaired) electrons. The molecule has 1 saturated heterocycles. The predicted octanol–water partition coefficient (Wildman–Crippen LogP) is 3.01. The minimum atomic E-state index is -0.239. The number of rotatable bonds is 6. The maximum atomic E-state index is 13.4. The quantitative estimate of drug-likeness (QED) is 0.650. The molecule has 4 rings (SSSR count). The molecule has 2 aromatic carbocycles. The fourth-order valence-corrected chi connectivity index (χ4v) is 4.38. The van der Waals surface area contributed by atoms with Crippen LogP contribution in [0.1, 0.15) is 19.4 Å². The van der Waals surface area contributed by atoms with Crippen molar-refractivity contribution in [1.29, 1.82) is 0 Å². The summed E-state index contributed by atoms with van der Waals surface area (Å²) in [5.74, 6) is 1.08. The van der Waals surface area contributed by atoms with Crippen molar-refractivity contribution in [1.82, 2.24) is 9.80 Å². The molecule has 2 amide bonds. The third-order valence-corrected chi connectivity index (χ3v) is 6.01. The van der Waals surface area contributed by atoms with Crippen molar-refractivity contribution in [3.05, 3.63) is 59.8 Å². The van der Waals surface area contributed by atoms with Gasteiger partial charge in [-0.25, -0.2) is 0 Å². The van der Waals surface area contributed by atoms with E-state index in [0.29, 0.717) is 30.1 Å². The van der Waals surface area contributed by atoms with E-state index in [4.69, 9.17) is 9.47 Å². The van der Waals surface area contributed by atoms with Gasteiger partial charge in [0.15, 0.2) is 0 Å². The van der Waals surface area contributed by atoms with Crippen molar-refractivity contribution in [2.45, 2.75) is 19.9 Å². The summed E-state index contributed by atoms with van der Waals surface area (Å²) in [7, 11) is 3.27. The van der Waals surface area contributed by atoms with E-state index in [1.54, 1.807) is 14.2 Å². The molecule has 0 atom stereocenters. The second kappa shape index (κ2) is 8.94. The number of methoxy groups -OCH3 is 2. The summed E-state index contributed by atoms with van der Waals surface area (Å²) in [4.78, 5) is 32.3. The van der Waals surface area contributed by atoms with Crippen LogP contribution in [0.15, 0.2) is 54.2 Å². The van der Waals surface area contributed by atoms with E-state index in [0.717, 1.165) is 30.1 Å². The van der Waals surface area contributed by atoms with E-state index < -0.39 is 0 Å². The average molecular weight is 436 g/mol. The molecule has 0 aromatic heterocycles. The van der Waals surface area contributed by atoms with E-state index in [9.17, 15) is 9.59 Å². The highest BCUT2D eigenvalue weighted by molar-refractivity contribution is 6.35. The average Bonchev–Trinajstić information content (AvgIpc) is 3.09. The molecule has 2 aliphatic heterocycles. The number of piperazine rings is 1. The van der Waals surface area contributed by atoms with E-state index >= 15 is 0 Å². The molecule has 0 unspecified atom stereocenters. The van der Waals surface area contributed by atoms with Crippen LogP contribution >= 0.6 is 0 Å². The Balaban J connectivity index is 1.65. The van der Waals surface area contributed by atoms with Gasteiger partial charge in [0, 0.05) is 32.2 Å². The number of hydrogen-bond acceptors (Lipinski definition) is 6. The lowest BCUT2D eigenvalue weighted by Crippen LogP contribution is -2.48. The summed E-state index contributed by atoms with van der Waals surface area (Å²) in [5.41, 5.74) is 2.73. The molecular formula is C25H29N3O4. The molecule has 0 N–H and O–H groups in total. The molecule has 7 heteroatoms. The smallest absolute Gasteiger partial charge is 0.278 e. The lowest BCUT2D eigenvalue weighted by atomic mass is 10.0. The Hall–Kier alpha value is -3.48. The standard InChI is InChI=1S/C25H29N3O4/c1-17(2)28-24(29)22(18-9-11-19(31-3)12-10-18)23(25(28)30)27-15-13-26(14-16-27)20-7-5-6-8-21(20)32-4/h5-12,17H,13-16H2,1-4H3. The SMILES string of the molecule is COc1ccc(C2=C(N3CCN(c4ccccc4OC)CC3)C(=O)N(C(C)C)C2=O)cc1. The highest BCUT2D eigenvalue weighted by atomic mass is 16.5. The van der Waals surface area contributed by atoms with Crippen LogP contribution < -0.4 is 14.4 Å². The first-order valence-electron chi connectivity index (χ1n) is 10.9. The number of carbonyl (C=O) groups excluding carboxylic acids is 2. The van der Waals surface area contributed by atoms with Gasteiger partial charge in [-0.15, -0.1) is 0 Å². The second-order valence-electron chi connectivity index (χ2n) is 8.17. The van der Waals surface area contributed by atoms with Gasteiger partial charge in [0.25, 0.3) is 11.8 Å². The van der Waals surface area contributed by atoms with Crippen LogP contribution in [0.4, 0.5) is 5.69 Å². The van der Waals surface area contributed by atoms with Crippen LogP contribution in [0.3, 0.4) is 0 Å². The number of benzene rings is 2. The van der Waals surface area contributed by atoms with Crippen LogP contribution in [0.2, 0.25) is 0 Å². The van der Waals surface area contributed by atoms with Gasteiger partial charge in [-0.3, -0.25) is 14.5 Å². The minimum Gasteiger partial charge on any atom is -0.497 e. The molecule has 0 spiro atoms. The molecule has 168 valence electrons. The Morgan fingerprint density at radius 3 is 2.00 bits per heavy atom. The number of imide groups is 1.